The number of nitrogens with zero attached hydrogens (tertiary/aromatic N) is 1. The molecule has 1 heterocycles. The number of benzene rings is 1. The first-order valence-corrected chi connectivity index (χ1v) is 6.61. The van der Waals surface area contributed by atoms with Crippen molar-refractivity contribution < 1.29 is 0 Å². The topological polar surface area (TPSA) is 12.9 Å². The maximum absolute atomic E-state index is 4.56. The Morgan fingerprint density at radius 2 is 2.11 bits per heavy atom. The monoisotopic (exact) mass is 235 g/mol. The molecule has 1 aromatic heterocycles. The van der Waals surface area contributed by atoms with Gasteiger partial charge in [-0.3, -0.25) is 4.98 Å². The fourth-order valence-corrected chi connectivity index (χ4v) is 2.49. The average molecular weight is 235 g/mol. The van der Waals surface area contributed by atoms with Crippen LogP contribution in [0, 0.1) is 5.92 Å². The van der Waals surface area contributed by atoms with Gasteiger partial charge in [-0.05, 0) is 35.8 Å². The quantitative estimate of drug-likeness (QED) is 0.741. The fourth-order valence-electron chi connectivity index (χ4n) is 2.49. The number of fused-ring (bicyclic) bond motifs is 1. The van der Waals surface area contributed by atoms with E-state index in [9.17, 15) is 0 Å². The molecule has 0 fully saturated rings. The lowest BCUT2D eigenvalue weighted by Crippen LogP contribution is -1.99. The van der Waals surface area contributed by atoms with Crippen LogP contribution in [0.5, 0.6) is 0 Å². The second kappa shape index (κ2) is 4.77. The summed E-state index contributed by atoms with van der Waals surface area (Å²) >= 11 is 0. The van der Waals surface area contributed by atoms with Crippen LogP contribution in [0.2, 0.25) is 0 Å². The maximum Gasteiger partial charge on any atom is 0.0776 e. The molecular formula is C17H17N. The van der Waals surface area contributed by atoms with Gasteiger partial charge in [0.2, 0.25) is 0 Å². The van der Waals surface area contributed by atoms with Crippen molar-refractivity contribution in [3.05, 3.63) is 60.5 Å². The van der Waals surface area contributed by atoms with Gasteiger partial charge in [-0.15, -0.1) is 0 Å². The minimum atomic E-state index is 0.698. The highest BCUT2D eigenvalue weighted by atomic mass is 14.7. The van der Waals surface area contributed by atoms with Gasteiger partial charge in [-0.2, -0.15) is 0 Å². The molecule has 0 amide bonds. The Hall–Kier alpha value is -1.89. The summed E-state index contributed by atoms with van der Waals surface area (Å²) in [4.78, 5) is 4.56. The van der Waals surface area contributed by atoms with E-state index in [1.54, 1.807) is 0 Å². The minimum absolute atomic E-state index is 0.698. The Morgan fingerprint density at radius 1 is 1.22 bits per heavy atom. The van der Waals surface area contributed by atoms with Crippen LogP contribution >= 0.6 is 0 Å². The summed E-state index contributed by atoms with van der Waals surface area (Å²) in [7, 11) is 0. The molecule has 0 N–H and O–H groups in total. The van der Waals surface area contributed by atoms with Crippen molar-refractivity contribution in [1.29, 1.82) is 0 Å². The van der Waals surface area contributed by atoms with Crippen LogP contribution in [0.4, 0.5) is 0 Å². The van der Waals surface area contributed by atoms with Gasteiger partial charge in [0.05, 0.1) is 5.69 Å². The van der Waals surface area contributed by atoms with Crippen molar-refractivity contribution in [2.24, 2.45) is 5.92 Å². The predicted molar refractivity (Wildman–Crippen MR) is 77.3 cm³/mol. The first kappa shape index (κ1) is 11.2. The third-order valence-corrected chi connectivity index (χ3v) is 3.66. The molecule has 1 aliphatic rings. The Kier molecular flexibility index (Phi) is 2.97. The molecular weight excluding hydrogens is 218 g/mol. The lowest BCUT2D eigenvalue weighted by molar-refractivity contribution is 0.634. The highest BCUT2D eigenvalue weighted by molar-refractivity contribution is 5.94. The second-order valence-electron chi connectivity index (χ2n) is 4.80. The van der Waals surface area contributed by atoms with E-state index in [2.05, 4.69) is 60.5 Å². The van der Waals surface area contributed by atoms with E-state index < -0.39 is 0 Å². The van der Waals surface area contributed by atoms with E-state index in [0.717, 1.165) is 12.1 Å². The van der Waals surface area contributed by atoms with Crippen molar-refractivity contribution in [2.45, 2.75) is 19.8 Å². The SMILES string of the molecule is CCC1C=CC(c2nccc3ccccc23)=CC1. The smallest absolute Gasteiger partial charge is 0.0776 e. The van der Waals surface area contributed by atoms with Gasteiger partial charge in [0.25, 0.3) is 0 Å². The normalized spacial score (nSPS) is 18.9. The van der Waals surface area contributed by atoms with Crippen LogP contribution in [-0.2, 0) is 0 Å². The van der Waals surface area contributed by atoms with Crippen molar-refractivity contribution in [3.63, 3.8) is 0 Å². The van der Waals surface area contributed by atoms with Gasteiger partial charge in [0.15, 0.2) is 0 Å². The first-order valence-electron chi connectivity index (χ1n) is 6.61. The molecule has 18 heavy (non-hydrogen) atoms. The molecule has 0 aliphatic heterocycles. The summed E-state index contributed by atoms with van der Waals surface area (Å²) in [6, 6.07) is 10.5. The molecule has 0 saturated carbocycles. The molecule has 1 aliphatic carbocycles. The molecule has 2 aromatic rings. The molecule has 0 radical (unpaired) electrons. The molecule has 1 aromatic carbocycles. The minimum Gasteiger partial charge on any atom is -0.256 e. The second-order valence-corrected chi connectivity index (χ2v) is 4.80. The number of rotatable bonds is 2. The molecule has 1 unspecified atom stereocenters. The number of hydrogen-bond acceptors (Lipinski definition) is 1. The largest absolute Gasteiger partial charge is 0.256 e. The van der Waals surface area contributed by atoms with E-state index in [0.29, 0.717) is 5.92 Å². The number of pyridine rings is 1. The Bertz CT molecular complexity index is 617. The van der Waals surface area contributed by atoms with Gasteiger partial charge in [0.1, 0.15) is 0 Å². The van der Waals surface area contributed by atoms with Crippen LogP contribution in [0.25, 0.3) is 16.3 Å². The van der Waals surface area contributed by atoms with Gasteiger partial charge in [-0.25, -0.2) is 0 Å². The number of aromatic nitrogens is 1. The summed E-state index contributed by atoms with van der Waals surface area (Å²) in [6.07, 6.45) is 11.1. The summed E-state index contributed by atoms with van der Waals surface area (Å²) in [5.41, 5.74) is 2.37. The van der Waals surface area contributed by atoms with Crippen molar-refractivity contribution in [3.8, 4) is 0 Å². The maximum atomic E-state index is 4.56. The van der Waals surface area contributed by atoms with E-state index >= 15 is 0 Å². The number of allylic oxidation sites excluding steroid dienone is 4. The van der Waals surface area contributed by atoms with E-state index in [1.807, 2.05) is 6.20 Å². The van der Waals surface area contributed by atoms with E-state index in [-0.39, 0.29) is 0 Å². The van der Waals surface area contributed by atoms with Crippen LogP contribution in [0.15, 0.2) is 54.8 Å². The standard InChI is InChI=1S/C17H17N/c1-2-13-7-9-15(10-8-13)17-16-6-4-3-5-14(16)11-12-18-17/h3-7,9-13H,2,8H2,1H3. The average Bonchev–Trinajstić information content (AvgIpc) is 2.47. The zero-order valence-electron chi connectivity index (χ0n) is 10.6. The van der Waals surface area contributed by atoms with Crippen molar-refractivity contribution in [2.75, 3.05) is 0 Å². The zero-order valence-corrected chi connectivity index (χ0v) is 10.6. The number of hydrogen-bond donors (Lipinski definition) is 0. The van der Waals surface area contributed by atoms with E-state index in [4.69, 9.17) is 0 Å². The molecule has 0 saturated heterocycles. The third-order valence-electron chi connectivity index (χ3n) is 3.66. The van der Waals surface area contributed by atoms with Crippen LogP contribution < -0.4 is 0 Å². The molecule has 0 bridgehead atoms. The summed E-state index contributed by atoms with van der Waals surface area (Å²) in [5.74, 6) is 0.698. The zero-order chi connectivity index (χ0) is 12.4. The van der Waals surface area contributed by atoms with Gasteiger partial charge >= 0.3 is 0 Å². The van der Waals surface area contributed by atoms with Gasteiger partial charge < -0.3 is 0 Å². The summed E-state index contributed by atoms with van der Waals surface area (Å²) in [6.45, 7) is 2.24. The first-order chi connectivity index (χ1) is 8.88. The highest BCUT2D eigenvalue weighted by Gasteiger charge is 2.10. The molecule has 1 heteroatoms. The van der Waals surface area contributed by atoms with Crippen molar-refractivity contribution >= 4 is 16.3 Å². The van der Waals surface area contributed by atoms with E-state index in [1.165, 1.54) is 22.8 Å². The predicted octanol–water partition coefficient (Wildman–Crippen LogP) is 4.60. The molecule has 1 atom stereocenters. The van der Waals surface area contributed by atoms with Crippen LogP contribution in [0.1, 0.15) is 25.5 Å². The van der Waals surface area contributed by atoms with Crippen LogP contribution in [-0.4, -0.2) is 4.98 Å². The third kappa shape index (κ3) is 1.97. The van der Waals surface area contributed by atoms with Gasteiger partial charge in [-0.1, -0.05) is 49.4 Å². The Morgan fingerprint density at radius 3 is 2.89 bits per heavy atom. The fraction of sp³-hybridized carbons (Fsp3) is 0.235. The Labute approximate surface area is 108 Å². The lowest BCUT2D eigenvalue weighted by Gasteiger charge is -2.15. The van der Waals surface area contributed by atoms with Crippen LogP contribution in [0.3, 0.4) is 0 Å². The Balaban J connectivity index is 2.06. The molecule has 0 spiro atoms. The molecule has 3 rings (SSSR count). The van der Waals surface area contributed by atoms with Gasteiger partial charge in [0, 0.05) is 11.6 Å². The molecule has 1 nitrogen and oxygen atoms in total. The molecule has 90 valence electrons. The highest BCUT2D eigenvalue weighted by Crippen LogP contribution is 2.28. The van der Waals surface area contributed by atoms with Crippen molar-refractivity contribution in [1.82, 2.24) is 4.98 Å². The lowest BCUT2D eigenvalue weighted by atomic mass is 9.92. The summed E-state index contributed by atoms with van der Waals surface area (Å²) < 4.78 is 0. The summed E-state index contributed by atoms with van der Waals surface area (Å²) in [5, 5.41) is 2.50.